The fourth-order valence-electron chi connectivity index (χ4n) is 3.59. The topological polar surface area (TPSA) is 41.1 Å². The Morgan fingerprint density at radius 1 is 1.25 bits per heavy atom. The fraction of sp³-hybridized carbons (Fsp3) is 0.588. The molecule has 0 aromatic heterocycles. The summed E-state index contributed by atoms with van der Waals surface area (Å²) in [5.74, 6) is 0.815. The Labute approximate surface area is 121 Å². The highest BCUT2D eigenvalue weighted by atomic mass is 16.2. The molecule has 2 aliphatic rings. The Morgan fingerprint density at radius 3 is 2.80 bits per heavy atom. The van der Waals surface area contributed by atoms with Gasteiger partial charge in [0.05, 0.1) is 5.92 Å². The van der Waals surface area contributed by atoms with Crippen molar-refractivity contribution in [2.75, 3.05) is 11.9 Å². The third kappa shape index (κ3) is 2.67. The quantitative estimate of drug-likeness (QED) is 0.886. The lowest BCUT2D eigenvalue weighted by molar-refractivity contribution is -0.123. The van der Waals surface area contributed by atoms with Gasteiger partial charge >= 0.3 is 0 Å². The highest BCUT2D eigenvalue weighted by Crippen LogP contribution is 2.32. The average Bonchev–Trinajstić information content (AvgIpc) is 2.92. The summed E-state index contributed by atoms with van der Waals surface area (Å²) in [5, 5.41) is 6.58. The first-order chi connectivity index (χ1) is 9.75. The molecule has 0 saturated heterocycles. The molecule has 2 N–H and O–H groups in total. The average molecular weight is 272 g/mol. The lowest BCUT2D eigenvalue weighted by Gasteiger charge is -2.29. The van der Waals surface area contributed by atoms with Crippen LogP contribution in [0, 0.1) is 5.92 Å². The predicted molar refractivity (Wildman–Crippen MR) is 81.9 cm³/mol. The van der Waals surface area contributed by atoms with Gasteiger partial charge in [-0.1, -0.05) is 37.5 Å². The maximum atomic E-state index is 12.5. The second-order valence-corrected chi connectivity index (χ2v) is 6.22. The van der Waals surface area contributed by atoms with E-state index in [4.69, 9.17) is 0 Å². The summed E-state index contributed by atoms with van der Waals surface area (Å²) in [6.07, 6.45) is 6.52. The Balaban J connectivity index is 1.62. The largest absolute Gasteiger partial charge is 0.384 e. The van der Waals surface area contributed by atoms with Crippen molar-refractivity contribution in [3.05, 3.63) is 29.8 Å². The molecule has 1 aliphatic heterocycles. The van der Waals surface area contributed by atoms with Crippen LogP contribution in [0.25, 0.3) is 0 Å². The highest BCUT2D eigenvalue weighted by molar-refractivity contribution is 5.88. The zero-order chi connectivity index (χ0) is 13.9. The van der Waals surface area contributed by atoms with Crippen molar-refractivity contribution >= 4 is 11.6 Å². The van der Waals surface area contributed by atoms with E-state index in [0.717, 1.165) is 17.8 Å². The summed E-state index contributed by atoms with van der Waals surface area (Å²) in [6, 6.07) is 8.43. The van der Waals surface area contributed by atoms with Gasteiger partial charge in [0.15, 0.2) is 0 Å². The van der Waals surface area contributed by atoms with Gasteiger partial charge in [0, 0.05) is 18.3 Å². The first-order valence-electron chi connectivity index (χ1n) is 7.89. The molecule has 20 heavy (non-hydrogen) atoms. The second kappa shape index (κ2) is 5.86. The molecule has 1 aromatic rings. The first-order valence-corrected chi connectivity index (χ1v) is 7.89. The maximum absolute atomic E-state index is 12.5. The summed E-state index contributed by atoms with van der Waals surface area (Å²) in [5.41, 5.74) is 2.25. The number of anilines is 1. The third-order valence-corrected chi connectivity index (χ3v) is 4.88. The van der Waals surface area contributed by atoms with Crippen LogP contribution in [-0.4, -0.2) is 18.5 Å². The molecule has 1 aromatic carbocycles. The van der Waals surface area contributed by atoms with Crippen molar-refractivity contribution in [2.45, 2.75) is 51.0 Å². The number of fused-ring (bicyclic) bond motifs is 1. The number of hydrogen-bond acceptors (Lipinski definition) is 2. The van der Waals surface area contributed by atoms with Crippen molar-refractivity contribution in [1.29, 1.82) is 0 Å². The van der Waals surface area contributed by atoms with E-state index < -0.39 is 0 Å². The fourth-order valence-corrected chi connectivity index (χ4v) is 3.59. The number of benzene rings is 1. The molecular formula is C17H24N2O. The van der Waals surface area contributed by atoms with E-state index in [1.165, 1.54) is 32.1 Å². The van der Waals surface area contributed by atoms with Crippen molar-refractivity contribution in [3.8, 4) is 0 Å². The van der Waals surface area contributed by atoms with Crippen LogP contribution in [0.1, 0.15) is 50.5 Å². The van der Waals surface area contributed by atoms with E-state index >= 15 is 0 Å². The van der Waals surface area contributed by atoms with Crippen LogP contribution in [0.15, 0.2) is 24.3 Å². The monoisotopic (exact) mass is 272 g/mol. The molecule has 3 rings (SSSR count). The zero-order valence-corrected chi connectivity index (χ0v) is 12.2. The van der Waals surface area contributed by atoms with Crippen LogP contribution in [0.2, 0.25) is 0 Å². The predicted octanol–water partition coefficient (Wildman–Crippen LogP) is 3.28. The van der Waals surface area contributed by atoms with Gasteiger partial charge in [0.25, 0.3) is 0 Å². The number of hydrogen-bond donors (Lipinski definition) is 2. The number of amides is 1. The molecular weight excluding hydrogens is 248 g/mol. The van der Waals surface area contributed by atoms with Crippen LogP contribution < -0.4 is 10.6 Å². The van der Waals surface area contributed by atoms with E-state index in [1.807, 2.05) is 18.2 Å². The van der Waals surface area contributed by atoms with Crippen molar-refractivity contribution < 1.29 is 4.79 Å². The van der Waals surface area contributed by atoms with Gasteiger partial charge in [-0.05, 0) is 37.3 Å². The van der Waals surface area contributed by atoms with E-state index in [0.29, 0.717) is 12.0 Å². The number of nitrogens with one attached hydrogen (secondary N) is 2. The molecule has 2 atom stereocenters. The Bertz CT molecular complexity index is 480. The molecule has 0 spiro atoms. The van der Waals surface area contributed by atoms with Crippen LogP contribution in [-0.2, 0) is 4.79 Å². The summed E-state index contributed by atoms with van der Waals surface area (Å²) in [6.45, 7) is 2.89. The highest BCUT2D eigenvalue weighted by Gasteiger charge is 2.30. The molecule has 0 radical (unpaired) electrons. The molecule has 0 bridgehead atoms. The van der Waals surface area contributed by atoms with Gasteiger partial charge in [-0.15, -0.1) is 0 Å². The molecule has 1 unspecified atom stereocenters. The molecule has 1 saturated carbocycles. The number of para-hydroxylation sites is 1. The van der Waals surface area contributed by atoms with Gasteiger partial charge in [-0.2, -0.15) is 0 Å². The standard InChI is InChI=1S/C17H24N2O/c1-12(13-7-3-2-4-8-13)19-17(20)15-11-18-16-10-6-5-9-14(15)16/h5-6,9-10,12-13,15,18H,2-4,7-8,11H2,1H3,(H,19,20)/t12-,15?/m1/s1. The second-order valence-electron chi connectivity index (χ2n) is 6.22. The normalized spacial score (nSPS) is 23.8. The Hall–Kier alpha value is -1.51. The van der Waals surface area contributed by atoms with Crippen LogP contribution in [0.5, 0.6) is 0 Å². The number of rotatable bonds is 3. The van der Waals surface area contributed by atoms with Crippen LogP contribution in [0.4, 0.5) is 5.69 Å². The lowest BCUT2D eigenvalue weighted by atomic mass is 9.84. The molecule has 3 nitrogen and oxygen atoms in total. The van der Waals surface area contributed by atoms with Crippen LogP contribution in [0.3, 0.4) is 0 Å². The Morgan fingerprint density at radius 2 is 2.00 bits per heavy atom. The summed E-state index contributed by atoms with van der Waals surface area (Å²) >= 11 is 0. The minimum absolute atomic E-state index is 0.0303. The zero-order valence-electron chi connectivity index (χ0n) is 12.2. The van der Waals surface area contributed by atoms with Gasteiger partial charge in [-0.25, -0.2) is 0 Å². The smallest absolute Gasteiger partial charge is 0.229 e. The Kier molecular flexibility index (Phi) is 3.95. The molecule has 1 fully saturated rings. The number of carbonyl (C=O) groups is 1. The SMILES string of the molecule is C[C@@H](NC(=O)C1CNc2ccccc21)C1CCCCC1. The van der Waals surface area contributed by atoms with Gasteiger partial charge in [0.1, 0.15) is 0 Å². The van der Waals surface area contributed by atoms with E-state index in [-0.39, 0.29) is 11.8 Å². The summed E-state index contributed by atoms with van der Waals surface area (Å²) in [7, 11) is 0. The van der Waals surface area contributed by atoms with Gasteiger partial charge < -0.3 is 10.6 Å². The maximum Gasteiger partial charge on any atom is 0.229 e. The van der Waals surface area contributed by atoms with E-state index in [1.54, 1.807) is 0 Å². The molecule has 1 heterocycles. The first kappa shape index (κ1) is 13.5. The molecule has 1 aliphatic carbocycles. The molecule has 3 heteroatoms. The van der Waals surface area contributed by atoms with Gasteiger partial charge in [-0.3, -0.25) is 4.79 Å². The molecule has 108 valence electrons. The summed E-state index contributed by atoms with van der Waals surface area (Å²) < 4.78 is 0. The third-order valence-electron chi connectivity index (χ3n) is 4.88. The van der Waals surface area contributed by atoms with Crippen molar-refractivity contribution in [1.82, 2.24) is 5.32 Å². The van der Waals surface area contributed by atoms with E-state index in [9.17, 15) is 4.79 Å². The van der Waals surface area contributed by atoms with Crippen molar-refractivity contribution in [2.24, 2.45) is 5.92 Å². The minimum Gasteiger partial charge on any atom is -0.384 e. The molecule has 1 amide bonds. The van der Waals surface area contributed by atoms with Crippen LogP contribution >= 0.6 is 0 Å². The summed E-state index contributed by atoms with van der Waals surface area (Å²) in [4.78, 5) is 12.5. The number of carbonyl (C=O) groups excluding carboxylic acids is 1. The minimum atomic E-state index is -0.0303. The van der Waals surface area contributed by atoms with Gasteiger partial charge in [0.2, 0.25) is 5.91 Å². The van der Waals surface area contributed by atoms with Crippen molar-refractivity contribution in [3.63, 3.8) is 0 Å². The lowest BCUT2D eigenvalue weighted by Crippen LogP contribution is -2.41. The van der Waals surface area contributed by atoms with E-state index in [2.05, 4.69) is 23.6 Å².